The Morgan fingerprint density at radius 2 is 2.33 bits per heavy atom. The summed E-state index contributed by atoms with van der Waals surface area (Å²) in [5.74, 6) is -0.924. The van der Waals surface area contributed by atoms with E-state index in [1.54, 1.807) is 12.1 Å². The molecule has 15 heavy (non-hydrogen) atoms. The van der Waals surface area contributed by atoms with E-state index >= 15 is 0 Å². The molecule has 0 spiro atoms. The second kappa shape index (κ2) is 5.23. The molecule has 2 N–H and O–H groups in total. The van der Waals surface area contributed by atoms with Crippen molar-refractivity contribution in [1.29, 1.82) is 0 Å². The first kappa shape index (κ1) is 12.1. The molecule has 0 bridgehead atoms. The summed E-state index contributed by atoms with van der Waals surface area (Å²) in [7, 11) is 1.25. The third kappa shape index (κ3) is 3.28. The molecule has 0 aliphatic carbocycles. The van der Waals surface area contributed by atoms with Gasteiger partial charge in [-0.05, 0) is 23.8 Å². The lowest BCUT2D eigenvalue weighted by Gasteiger charge is -2.09. The Bertz CT molecular complexity index is 370. The molecule has 0 amide bonds. The van der Waals surface area contributed by atoms with E-state index in [0.29, 0.717) is 5.56 Å². The normalized spacial score (nSPS) is 12.3. The number of nitrogens with two attached hydrogens (primary N) is 1. The van der Waals surface area contributed by atoms with Crippen LogP contribution in [-0.4, -0.2) is 19.1 Å². The number of rotatable bonds is 3. The Morgan fingerprint density at radius 3 is 2.93 bits per heavy atom. The van der Waals surface area contributed by atoms with Gasteiger partial charge in [-0.15, -0.1) is 0 Å². The number of methoxy groups -OCH3 is 1. The number of hydrogen-bond donors (Lipinski definition) is 1. The van der Waals surface area contributed by atoms with E-state index in [1.807, 2.05) is 0 Å². The van der Waals surface area contributed by atoms with Crippen molar-refractivity contribution in [2.45, 2.75) is 12.5 Å². The molecule has 0 aliphatic heterocycles. The maximum Gasteiger partial charge on any atom is 0.322 e. The largest absolute Gasteiger partial charge is 0.468 e. The molecule has 1 aromatic carbocycles. The second-order valence-corrected chi connectivity index (χ2v) is 3.99. The van der Waals surface area contributed by atoms with Crippen molar-refractivity contribution in [2.75, 3.05) is 7.11 Å². The molecule has 82 valence electrons. The van der Waals surface area contributed by atoms with Gasteiger partial charge in [0.2, 0.25) is 0 Å². The van der Waals surface area contributed by atoms with Crippen LogP contribution in [0, 0.1) is 5.82 Å². The number of halogens is 2. The monoisotopic (exact) mass is 275 g/mol. The van der Waals surface area contributed by atoms with Crippen LogP contribution < -0.4 is 5.73 Å². The van der Waals surface area contributed by atoms with E-state index in [0.717, 1.165) is 4.47 Å². The van der Waals surface area contributed by atoms with E-state index in [1.165, 1.54) is 13.2 Å². The lowest BCUT2D eigenvalue weighted by atomic mass is 10.1. The topological polar surface area (TPSA) is 52.3 Å². The van der Waals surface area contributed by atoms with Crippen molar-refractivity contribution in [3.8, 4) is 0 Å². The Kier molecular flexibility index (Phi) is 4.23. The molecular formula is C10H11BrFNO2. The third-order valence-electron chi connectivity index (χ3n) is 1.95. The smallest absolute Gasteiger partial charge is 0.322 e. The summed E-state index contributed by atoms with van der Waals surface area (Å²) in [6, 6.07) is 3.67. The molecule has 3 nitrogen and oxygen atoms in total. The maximum absolute atomic E-state index is 13.3. The SMILES string of the molecule is COC(=O)C(N)Cc1cc(Br)ccc1F. The predicted octanol–water partition coefficient (Wildman–Crippen LogP) is 1.63. The Balaban J connectivity index is 2.80. The van der Waals surface area contributed by atoms with E-state index in [9.17, 15) is 9.18 Å². The summed E-state index contributed by atoms with van der Waals surface area (Å²) < 4.78 is 18.5. The first-order chi connectivity index (χ1) is 7.04. The molecule has 5 heteroatoms. The van der Waals surface area contributed by atoms with E-state index in [2.05, 4.69) is 20.7 Å². The number of carbonyl (C=O) groups is 1. The van der Waals surface area contributed by atoms with Gasteiger partial charge in [-0.3, -0.25) is 4.79 Å². The van der Waals surface area contributed by atoms with Gasteiger partial charge in [0, 0.05) is 10.9 Å². The first-order valence-electron chi connectivity index (χ1n) is 4.32. The van der Waals surface area contributed by atoms with Crippen LogP contribution in [0.25, 0.3) is 0 Å². The predicted molar refractivity (Wildman–Crippen MR) is 57.8 cm³/mol. The Morgan fingerprint density at radius 1 is 1.67 bits per heavy atom. The molecular weight excluding hydrogens is 265 g/mol. The molecule has 1 atom stereocenters. The van der Waals surface area contributed by atoms with Gasteiger partial charge in [0.15, 0.2) is 0 Å². The molecule has 0 fully saturated rings. The van der Waals surface area contributed by atoms with Crippen molar-refractivity contribution in [3.63, 3.8) is 0 Å². The summed E-state index contributed by atoms with van der Waals surface area (Å²) in [5, 5.41) is 0. The number of ether oxygens (including phenoxy) is 1. The van der Waals surface area contributed by atoms with Crippen LogP contribution in [0.2, 0.25) is 0 Å². The van der Waals surface area contributed by atoms with Crippen LogP contribution in [0.3, 0.4) is 0 Å². The Hall–Kier alpha value is -0.940. The Labute approximate surface area is 95.5 Å². The van der Waals surface area contributed by atoms with Crippen molar-refractivity contribution in [3.05, 3.63) is 34.1 Å². The van der Waals surface area contributed by atoms with E-state index in [4.69, 9.17) is 5.73 Å². The fourth-order valence-electron chi connectivity index (χ4n) is 1.17. The van der Waals surface area contributed by atoms with E-state index < -0.39 is 12.0 Å². The number of esters is 1. The van der Waals surface area contributed by atoms with Crippen molar-refractivity contribution < 1.29 is 13.9 Å². The molecule has 0 saturated carbocycles. The molecule has 0 aliphatic rings. The number of carbonyl (C=O) groups excluding carboxylic acids is 1. The van der Waals surface area contributed by atoms with Gasteiger partial charge < -0.3 is 10.5 Å². The fraction of sp³-hybridized carbons (Fsp3) is 0.300. The summed E-state index contributed by atoms with van der Waals surface area (Å²) >= 11 is 3.22. The quantitative estimate of drug-likeness (QED) is 0.854. The highest BCUT2D eigenvalue weighted by molar-refractivity contribution is 9.10. The minimum atomic E-state index is -0.834. The molecule has 0 radical (unpaired) electrons. The zero-order chi connectivity index (χ0) is 11.4. The highest BCUT2D eigenvalue weighted by atomic mass is 79.9. The molecule has 0 heterocycles. The number of hydrogen-bond acceptors (Lipinski definition) is 3. The minimum absolute atomic E-state index is 0.123. The molecule has 1 aromatic rings. The van der Waals surface area contributed by atoms with Crippen LogP contribution >= 0.6 is 15.9 Å². The standard InChI is InChI=1S/C10H11BrFNO2/c1-15-10(14)9(13)5-6-4-7(11)2-3-8(6)12/h2-4,9H,5,13H2,1H3. The highest BCUT2D eigenvalue weighted by Gasteiger charge is 2.16. The van der Waals surface area contributed by atoms with Crippen LogP contribution in [0.15, 0.2) is 22.7 Å². The molecule has 1 rings (SSSR count). The highest BCUT2D eigenvalue weighted by Crippen LogP contribution is 2.16. The summed E-state index contributed by atoms with van der Waals surface area (Å²) in [6.45, 7) is 0. The van der Waals surface area contributed by atoms with Crippen LogP contribution in [0.4, 0.5) is 4.39 Å². The summed E-state index contributed by atoms with van der Waals surface area (Å²) in [6.07, 6.45) is 0.123. The molecule has 0 aromatic heterocycles. The molecule has 0 saturated heterocycles. The average Bonchev–Trinajstić information content (AvgIpc) is 2.22. The second-order valence-electron chi connectivity index (χ2n) is 3.07. The van der Waals surface area contributed by atoms with Crippen LogP contribution in [0.5, 0.6) is 0 Å². The van der Waals surface area contributed by atoms with E-state index in [-0.39, 0.29) is 12.2 Å². The fourth-order valence-corrected chi connectivity index (χ4v) is 1.58. The zero-order valence-electron chi connectivity index (χ0n) is 8.17. The lowest BCUT2D eigenvalue weighted by Crippen LogP contribution is -2.33. The molecule has 1 unspecified atom stereocenters. The van der Waals surface area contributed by atoms with Crippen molar-refractivity contribution >= 4 is 21.9 Å². The third-order valence-corrected chi connectivity index (χ3v) is 2.44. The van der Waals surface area contributed by atoms with Gasteiger partial charge in [-0.25, -0.2) is 4.39 Å². The van der Waals surface area contributed by atoms with Gasteiger partial charge in [0.1, 0.15) is 11.9 Å². The number of benzene rings is 1. The van der Waals surface area contributed by atoms with Crippen LogP contribution in [-0.2, 0) is 16.0 Å². The minimum Gasteiger partial charge on any atom is -0.468 e. The van der Waals surface area contributed by atoms with Gasteiger partial charge in [-0.2, -0.15) is 0 Å². The van der Waals surface area contributed by atoms with Crippen molar-refractivity contribution in [1.82, 2.24) is 0 Å². The first-order valence-corrected chi connectivity index (χ1v) is 5.11. The zero-order valence-corrected chi connectivity index (χ0v) is 9.75. The van der Waals surface area contributed by atoms with Gasteiger partial charge in [-0.1, -0.05) is 15.9 Å². The summed E-state index contributed by atoms with van der Waals surface area (Å²) in [4.78, 5) is 11.0. The van der Waals surface area contributed by atoms with Gasteiger partial charge in [0.25, 0.3) is 0 Å². The van der Waals surface area contributed by atoms with Crippen LogP contribution in [0.1, 0.15) is 5.56 Å². The van der Waals surface area contributed by atoms with Crippen molar-refractivity contribution in [2.24, 2.45) is 5.73 Å². The lowest BCUT2D eigenvalue weighted by molar-refractivity contribution is -0.142. The average molecular weight is 276 g/mol. The maximum atomic E-state index is 13.3. The summed E-state index contributed by atoms with van der Waals surface area (Å²) in [5.41, 5.74) is 5.91. The van der Waals surface area contributed by atoms with Gasteiger partial charge >= 0.3 is 5.97 Å². The van der Waals surface area contributed by atoms with Gasteiger partial charge in [0.05, 0.1) is 7.11 Å².